The van der Waals surface area contributed by atoms with E-state index in [2.05, 4.69) is 39.6 Å². The van der Waals surface area contributed by atoms with Gasteiger partial charge in [-0.05, 0) is 91.1 Å². The van der Waals surface area contributed by atoms with Gasteiger partial charge in [0.05, 0.1) is 28.0 Å². The van der Waals surface area contributed by atoms with Gasteiger partial charge in [-0.15, -0.1) is 0 Å². The number of hydrogen-bond acceptors (Lipinski definition) is 6. The zero-order chi connectivity index (χ0) is 31.6. The zero-order valence-corrected chi connectivity index (χ0v) is 26.1. The molecule has 0 aliphatic carbocycles. The molecule has 0 bridgehead atoms. The molecule has 0 saturated carbocycles. The van der Waals surface area contributed by atoms with Crippen LogP contribution >= 0.6 is 11.8 Å². The highest BCUT2D eigenvalue weighted by atomic mass is 32.2. The predicted molar refractivity (Wildman–Crippen MR) is 176 cm³/mol. The monoisotopic (exact) mass is 635 g/mol. The fourth-order valence-corrected chi connectivity index (χ4v) is 7.41. The van der Waals surface area contributed by atoms with Crippen LogP contribution in [0.25, 0.3) is 11.8 Å². The summed E-state index contributed by atoms with van der Waals surface area (Å²) < 4.78 is 15.6. The third-order valence-electron chi connectivity index (χ3n) is 9.15. The second kappa shape index (κ2) is 13.1. The third-order valence-corrected chi connectivity index (χ3v) is 9.97. The third kappa shape index (κ3) is 6.41. The first-order chi connectivity index (χ1) is 22.4. The van der Waals surface area contributed by atoms with Gasteiger partial charge in [0.25, 0.3) is 17.1 Å². The van der Waals surface area contributed by atoms with Crippen LogP contribution in [-0.4, -0.2) is 62.8 Å². The van der Waals surface area contributed by atoms with Gasteiger partial charge in [-0.1, -0.05) is 54.6 Å². The number of rotatable bonds is 7. The average molecular weight is 636 g/mol. The van der Waals surface area contributed by atoms with Gasteiger partial charge in [0.15, 0.2) is 0 Å². The Hall–Kier alpha value is -4.54. The van der Waals surface area contributed by atoms with Gasteiger partial charge in [0.1, 0.15) is 5.82 Å². The van der Waals surface area contributed by atoms with Crippen LogP contribution in [0.4, 0.5) is 9.18 Å². The summed E-state index contributed by atoms with van der Waals surface area (Å²) in [6.07, 6.45) is 6.09. The second-order valence-electron chi connectivity index (χ2n) is 12.1. The molecule has 0 radical (unpaired) electrons. The number of amides is 3. The van der Waals surface area contributed by atoms with Gasteiger partial charge < -0.3 is 4.90 Å². The minimum absolute atomic E-state index is 0.0112. The Bertz CT molecular complexity index is 1780. The molecule has 10 heteroatoms. The highest BCUT2D eigenvalue weighted by Gasteiger charge is 2.34. The maximum atomic E-state index is 14.0. The van der Waals surface area contributed by atoms with Crippen LogP contribution < -0.4 is 5.32 Å². The summed E-state index contributed by atoms with van der Waals surface area (Å²) in [5, 5.41) is 6.62. The molecule has 3 aromatic carbocycles. The molecule has 3 amide bonds. The van der Waals surface area contributed by atoms with E-state index in [1.54, 1.807) is 24.4 Å². The SMILES string of the molecule is O=C1NC(=O)C(=Cc2ccc(CN3CCC(c4c(C(=O)N5CC[C@H](c6ccccc6)C5)cnn4-c4ccc(F)cc4)CC3)cc2)S1. The Balaban J connectivity index is 1.06. The van der Waals surface area contributed by atoms with E-state index in [0.29, 0.717) is 29.5 Å². The van der Waals surface area contributed by atoms with E-state index in [1.165, 1.54) is 17.7 Å². The molecule has 0 unspecified atom stereocenters. The summed E-state index contributed by atoms with van der Waals surface area (Å²) in [6.45, 7) is 3.89. The number of piperidine rings is 1. The second-order valence-corrected chi connectivity index (χ2v) is 13.1. The topological polar surface area (TPSA) is 87.5 Å². The number of likely N-dealkylation sites (tertiary alicyclic amines) is 2. The quantitative estimate of drug-likeness (QED) is 0.239. The van der Waals surface area contributed by atoms with Crippen LogP contribution in [0.15, 0.2) is 90.0 Å². The van der Waals surface area contributed by atoms with Gasteiger partial charge in [0, 0.05) is 31.5 Å². The molecule has 3 saturated heterocycles. The van der Waals surface area contributed by atoms with E-state index >= 15 is 0 Å². The number of nitrogens with zero attached hydrogens (tertiary/aromatic N) is 4. The lowest BCUT2D eigenvalue weighted by Gasteiger charge is -2.33. The Morgan fingerprint density at radius 3 is 2.33 bits per heavy atom. The standard InChI is InChI=1S/C36H34FN5O3S/c37-29-10-12-30(13-11-29)42-33(31(21-38-42)35(44)41-19-16-28(23-41)26-4-2-1-3-5-26)27-14-17-40(18-15-27)22-25-8-6-24(7-9-25)20-32-34(43)39-36(45)46-32/h1-13,20-21,27-28H,14-19,22-23H2,(H,39,43,45)/t28-/m0/s1. The lowest BCUT2D eigenvalue weighted by atomic mass is 9.90. The molecule has 1 N–H and O–H groups in total. The fourth-order valence-electron chi connectivity index (χ4n) is 6.73. The van der Waals surface area contributed by atoms with E-state index in [1.807, 2.05) is 39.9 Å². The molecule has 8 nitrogen and oxygen atoms in total. The van der Waals surface area contributed by atoms with Gasteiger partial charge in [0.2, 0.25) is 0 Å². The van der Waals surface area contributed by atoms with E-state index in [9.17, 15) is 18.8 Å². The molecule has 46 heavy (non-hydrogen) atoms. The predicted octanol–water partition coefficient (Wildman–Crippen LogP) is 6.34. The van der Waals surface area contributed by atoms with Gasteiger partial charge in [-0.3, -0.25) is 24.6 Å². The van der Waals surface area contributed by atoms with Crippen LogP contribution in [0.5, 0.6) is 0 Å². The minimum Gasteiger partial charge on any atom is -0.338 e. The van der Waals surface area contributed by atoms with E-state index in [4.69, 9.17) is 0 Å². The van der Waals surface area contributed by atoms with Crippen molar-refractivity contribution in [2.45, 2.75) is 37.6 Å². The van der Waals surface area contributed by atoms with E-state index < -0.39 is 0 Å². The van der Waals surface area contributed by atoms with Crippen LogP contribution in [0.3, 0.4) is 0 Å². The average Bonchev–Trinajstić information content (AvgIpc) is 3.82. The van der Waals surface area contributed by atoms with Crippen molar-refractivity contribution in [2.75, 3.05) is 26.2 Å². The van der Waals surface area contributed by atoms with Gasteiger partial charge >= 0.3 is 0 Å². The number of halogens is 1. The highest BCUT2D eigenvalue weighted by Crippen LogP contribution is 2.35. The minimum atomic E-state index is -0.357. The molecular weight excluding hydrogens is 601 g/mol. The number of thioether (sulfide) groups is 1. The van der Waals surface area contributed by atoms with Crippen molar-refractivity contribution in [3.8, 4) is 5.69 Å². The molecule has 4 aromatic rings. The van der Waals surface area contributed by atoms with Crippen molar-refractivity contribution in [1.29, 1.82) is 0 Å². The number of imide groups is 1. The maximum Gasteiger partial charge on any atom is 0.290 e. The number of nitrogens with one attached hydrogen (secondary N) is 1. The molecule has 1 aromatic heterocycles. The first-order valence-electron chi connectivity index (χ1n) is 15.7. The van der Waals surface area contributed by atoms with Gasteiger partial charge in [-0.2, -0.15) is 5.10 Å². The van der Waals surface area contributed by atoms with E-state index in [-0.39, 0.29) is 28.8 Å². The Morgan fingerprint density at radius 2 is 1.63 bits per heavy atom. The molecule has 3 fully saturated rings. The van der Waals surface area contributed by atoms with Crippen molar-refractivity contribution in [3.63, 3.8) is 0 Å². The largest absolute Gasteiger partial charge is 0.338 e. The van der Waals surface area contributed by atoms with Crippen LogP contribution in [0, 0.1) is 5.82 Å². The van der Waals surface area contributed by atoms with Crippen LogP contribution in [-0.2, 0) is 11.3 Å². The summed E-state index contributed by atoms with van der Waals surface area (Å²) in [6, 6.07) is 24.7. The Labute approximate surface area is 271 Å². The normalized spacial score (nSPS) is 20.1. The molecule has 0 spiro atoms. The molecule has 1 atom stereocenters. The number of hydrogen-bond donors (Lipinski definition) is 1. The molecule has 4 heterocycles. The summed E-state index contributed by atoms with van der Waals surface area (Å²) in [7, 11) is 0. The summed E-state index contributed by atoms with van der Waals surface area (Å²) in [4.78, 5) is 42.1. The smallest absolute Gasteiger partial charge is 0.290 e. The van der Waals surface area contributed by atoms with Crippen molar-refractivity contribution >= 4 is 34.9 Å². The summed E-state index contributed by atoms with van der Waals surface area (Å²) >= 11 is 0.916. The Kier molecular flexibility index (Phi) is 8.55. The highest BCUT2D eigenvalue weighted by molar-refractivity contribution is 8.18. The van der Waals surface area contributed by atoms with Crippen molar-refractivity contribution in [2.24, 2.45) is 0 Å². The van der Waals surface area contributed by atoms with Gasteiger partial charge in [-0.25, -0.2) is 9.07 Å². The molecule has 234 valence electrons. The Morgan fingerprint density at radius 1 is 0.913 bits per heavy atom. The lowest BCUT2D eigenvalue weighted by Crippen LogP contribution is -2.34. The van der Waals surface area contributed by atoms with Crippen LogP contribution in [0.1, 0.15) is 63.8 Å². The molecule has 3 aliphatic rings. The number of carbonyl (C=O) groups excluding carboxylic acids is 3. The fraction of sp³-hybridized carbons (Fsp3) is 0.278. The maximum absolute atomic E-state index is 14.0. The number of benzene rings is 3. The lowest BCUT2D eigenvalue weighted by molar-refractivity contribution is -0.115. The molecule has 7 rings (SSSR count). The molecule has 3 aliphatic heterocycles. The van der Waals surface area contributed by atoms with Crippen molar-refractivity contribution in [3.05, 3.63) is 124 Å². The van der Waals surface area contributed by atoms with Crippen molar-refractivity contribution in [1.82, 2.24) is 24.9 Å². The van der Waals surface area contributed by atoms with Crippen molar-refractivity contribution < 1.29 is 18.8 Å². The first-order valence-corrected chi connectivity index (χ1v) is 16.5. The number of carbonyl (C=O) groups is 3. The zero-order valence-electron chi connectivity index (χ0n) is 25.3. The van der Waals surface area contributed by atoms with E-state index in [0.717, 1.165) is 73.2 Å². The summed E-state index contributed by atoms with van der Waals surface area (Å²) in [5.74, 6) is -0.211. The summed E-state index contributed by atoms with van der Waals surface area (Å²) in [5.41, 5.74) is 5.58. The molecular formula is C36H34FN5O3S. The van der Waals surface area contributed by atoms with Crippen LogP contribution in [0.2, 0.25) is 0 Å². The first kappa shape index (κ1) is 30.1. The number of aromatic nitrogens is 2.